The van der Waals surface area contributed by atoms with Crippen LogP contribution in [0.5, 0.6) is 0 Å². The quantitative estimate of drug-likeness (QED) is 0.623. The molecule has 2 saturated carbocycles. The summed E-state index contributed by atoms with van der Waals surface area (Å²) in [5.41, 5.74) is 0.552. The molecule has 0 aromatic heterocycles. The lowest BCUT2D eigenvalue weighted by Gasteiger charge is -2.38. The molecular weight excluding hydrogens is 188 g/mol. The average molecular weight is 212 g/mol. The minimum atomic E-state index is -0.125. The van der Waals surface area contributed by atoms with Gasteiger partial charge in [0.2, 0.25) is 0 Å². The van der Waals surface area contributed by atoms with Gasteiger partial charge in [0.25, 0.3) is 0 Å². The lowest BCUT2D eigenvalue weighted by molar-refractivity contribution is -0.154. The van der Waals surface area contributed by atoms with Gasteiger partial charge in [0.15, 0.2) is 0 Å². The number of ether oxygens (including phenoxy) is 1. The molecule has 0 N–H and O–H groups in total. The summed E-state index contributed by atoms with van der Waals surface area (Å²) in [5.74, 6) is 0.622. The summed E-state index contributed by atoms with van der Waals surface area (Å²) in [6, 6.07) is 0. The van der Waals surface area contributed by atoms with Gasteiger partial charge in [-0.3, -0.25) is 4.79 Å². The Balaban J connectivity index is 0.00000112. The van der Waals surface area contributed by atoms with Crippen LogP contribution >= 0.6 is 0 Å². The van der Waals surface area contributed by atoms with Gasteiger partial charge in [0.05, 0.1) is 0 Å². The maximum absolute atomic E-state index is 11.0. The summed E-state index contributed by atoms with van der Waals surface area (Å²) >= 11 is 0. The van der Waals surface area contributed by atoms with E-state index in [4.69, 9.17) is 4.74 Å². The summed E-state index contributed by atoms with van der Waals surface area (Å²) < 4.78 is 5.44. The number of esters is 1. The average Bonchev–Trinajstić information content (AvgIpc) is 2.35. The van der Waals surface area contributed by atoms with E-state index in [0.29, 0.717) is 5.41 Å². The van der Waals surface area contributed by atoms with Crippen molar-refractivity contribution in [2.24, 2.45) is 16.7 Å². The van der Waals surface area contributed by atoms with Gasteiger partial charge in [0, 0.05) is 12.3 Å². The van der Waals surface area contributed by atoms with Crippen molar-refractivity contribution in [1.29, 1.82) is 0 Å². The molecule has 2 bridgehead atoms. The Morgan fingerprint density at radius 1 is 1.33 bits per heavy atom. The first-order chi connectivity index (χ1) is 6.38. The minimum Gasteiger partial charge on any atom is -0.462 e. The monoisotopic (exact) mass is 212 g/mol. The van der Waals surface area contributed by atoms with Crippen molar-refractivity contribution in [3.63, 3.8) is 0 Å². The molecular formula is C13H24O2. The lowest BCUT2D eigenvalue weighted by atomic mass is 9.70. The second-order valence-corrected chi connectivity index (χ2v) is 5.71. The van der Waals surface area contributed by atoms with E-state index >= 15 is 0 Å². The first kappa shape index (κ1) is 12.5. The number of hydrogen-bond donors (Lipinski definition) is 0. The van der Waals surface area contributed by atoms with E-state index in [9.17, 15) is 4.79 Å². The normalized spacial score (nSPS) is 41.1. The summed E-state index contributed by atoms with van der Waals surface area (Å²) in [6.45, 7) is 8.46. The highest BCUT2D eigenvalue weighted by atomic mass is 16.5. The van der Waals surface area contributed by atoms with Gasteiger partial charge in [-0.2, -0.15) is 0 Å². The van der Waals surface area contributed by atoms with Crippen LogP contribution in [0.1, 0.15) is 54.4 Å². The third-order valence-corrected chi connectivity index (χ3v) is 5.02. The molecule has 0 amide bonds. The zero-order valence-corrected chi connectivity index (χ0v) is 9.59. The topological polar surface area (TPSA) is 26.3 Å². The fraction of sp³-hybridized carbons (Fsp3) is 0.923. The molecule has 3 atom stereocenters. The van der Waals surface area contributed by atoms with Crippen LogP contribution in [0.3, 0.4) is 0 Å². The van der Waals surface area contributed by atoms with Crippen LogP contribution in [0.15, 0.2) is 0 Å². The summed E-state index contributed by atoms with van der Waals surface area (Å²) in [5, 5.41) is 0. The highest BCUT2D eigenvalue weighted by Gasteiger charge is 2.62. The fourth-order valence-corrected chi connectivity index (χ4v) is 3.51. The first-order valence-corrected chi connectivity index (χ1v) is 5.55. The van der Waals surface area contributed by atoms with E-state index in [2.05, 4.69) is 20.8 Å². The predicted molar refractivity (Wildman–Crippen MR) is 61.5 cm³/mol. The second-order valence-electron chi connectivity index (χ2n) is 5.71. The molecule has 2 rings (SSSR count). The van der Waals surface area contributed by atoms with Gasteiger partial charge in [0.1, 0.15) is 6.10 Å². The fourth-order valence-electron chi connectivity index (χ4n) is 3.51. The molecule has 0 radical (unpaired) electrons. The van der Waals surface area contributed by atoms with Crippen molar-refractivity contribution < 1.29 is 9.53 Å². The highest BCUT2D eigenvalue weighted by Crippen LogP contribution is 2.66. The van der Waals surface area contributed by atoms with Crippen LogP contribution in [0.4, 0.5) is 0 Å². The van der Waals surface area contributed by atoms with Gasteiger partial charge in [-0.05, 0) is 30.6 Å². The number of rotatable bonds is 1. The molecule has 0 aromatic rings. The molecule has 0 spiro atoms. The number of fused-ring (bicyclic) bond motifs is 2. The molecule has 15 heavy (non-hydrogen) atoms. The van der Waals surface area contributed by atoms with Gasteiger partial charge in [-0.15, -0.1) is 0 Å². The molecule has 0 heterocycles. The molecule has 0 aromatic carbocycles. The van der Waals surface area contributed by atoms with Gasteiger partial charge >= 0.3 is 5.97 Å². The zero-order chi connectivity index (χ0) is 10.6. The Kier molecular flexibility index (Phi) is 2.92. The molecule has 0 saturated heterocycles. The molecule has 0 unspecified atom stereocenters. The smallest absolute Gasteiger partial charge is 0.302 e. The van der Waals surface area contributed by atoms with Gasteiger partial charge < -0.3 is 4.74 Å². The Morgan fingerprint density at radius 2 is 1.93 bits per heavy atom. The largest absolute Gasteiger partial charge is 0.462 e. The Bertz CT molecular complexity index is 270. The zero-order valence-electron chi connectivity index (χ0n) is 9.59. The summed E-state index contributed by atoms with van der Waals surface area (Å²) in [7, 11) is 0. The van der Waals surface area contributed by atoms with Crippen LogP contribution in [0.2, 0.25) is 0 Å². The maximum Gasteiger partial charge on any atom is 0.302 e. The Labute approximate surface area is 93.4 Å². The van der Waals surface area contributed by atoms with Crippen LogP contribution < -0.4 is 0 Å². The van der Waals surface area contributed by atoms with Crippen molar-refractivity contribution in [1.82, 2.24) is 0 Å². The van der Waals surface area contributed by atoms with Crippen molar-refractivity contribution in [2.75, 3.05) is 0 Å². The second kappa shape index (κ2) is 3.50. The minimum absolute atomic E-state index is 0. The summed E-state index contributed by atoms with van der Waals surface area (Å²) in [4.78, 5) is 11.0. The SMILES string of the molecule is C.CC(=O)O[C@@H]1C[C@@H]2CC[C@@]1(C)C2(C)C. The van der Waals surface area contributed by atoms with Crippen molar-refractivity contribution >= 4 is 5.97 Å². The number of hydrogen-bond acceptors (Lipinski definition) is 2. The van der Waals surface area contributed by atoms with E-state index < -0.39 is 0 Å². The molecule has 2 aliphatic carbocycles. The van der Waals surface area contributed by atoms with Crippen molar-refractivity contribution in [2.45, 2.75) is 60.5 Å². The van der Waals surface area contributed by atoms with E-state index in [1.165, 1.54) is 19.8 Å². The van der Waals surface area contributed by atoms with Crippen LogP contribution in [-0.2, 0) is 9.53 Å². The maximum atomic E-state index is 11.0. The van der Waals surface area contributed by atoms with E-state index in [0.717, 1.165) is 12.3 Å². The lowest BCUT2D eigenvalue weighted by Crippen LogP contribution is -2.37. The highest BCUT2D eigenvalue weighted by molar-refractivity contribution is 5.66. The Morgan fingerprint density at radius 3 is 2.27 bits per heavy atom. The Hall–Kier alpha value is -0.530. The van der Waals surface area contributed by atoms with Crippen molar-refractivity contribution in [3.05, 3.63) is 0 Å². The van der Waals surface area contributed by atoms with E-state index in [-0.39, 0.29) is 24.9 Å². The molecule has 0 aliphatic heterocycles. The van der Waals surface area contributed by atoms with Crippen LogP contribution in [0, 0.1) is 16.7 Å². The standard InChI is InChI=1S/C12H20O2.CH4/c1-8(13)14-10-7-9-5-6-12(10,4)11(9,2)3;/h9-10H,5-7H2,1-4H3;1H4/t9-,10+,12+;/m0./s1. The van der Waals surface area contributed by atoms with Crippen LogP contribution in [-0.4, -0.2) is 12.1 Å². The first-order valence-electron chi connectivity index (χ1n) is 5.55. The molecule has 2 fully saturated rings. The number of carbonyl (C=O) groups excluding carboxylic acids is 1. The number of carbonyl (C=O) groups is 1. The van der Waals surface area contributed by atoms with Gasteiger partial charge in [-0.25, -0.2) is 0 Å². The van der Waals surface area contributed by atoms with Crippen molar-refractivity contribution in [3.8, 4) is 0 Å². The third-order valence-electron chi connectivity index (χ3n) is 5.02. The molecule has 2 nitrogen and oxygen atoms in total. The molecule has 2 aliphatic rings. The van der Waals surface area contributed by atoms with E-state index in [1.807, 2.05) is 0 Å². The summed E-state index contributed by atoms with van der Waals surface area (Å²) in [6.07, 6.45) is 3.75. The van der Waals surface area contributed by atoms with Gasteiger partial charge in [-0.1, -0.05) is 28.2 Å². The molecule has 2 heteroatoms. The predicted octanol–water partition coefficient (Wildman–Crippen LogP) is 3.40. The third kappa shape index (κ3) is 1.49. The molecule has 88 valence electrons. The van der Waals surface area contributed by atoms with E-state index in [1.54, 1.807) is 0 Å². The van der Waals surface area contributed by atoms with Crippen LogP contribution in [0.25, 0.3) is 0 Å².